The average Bonchev–Trinajstić information content (AvgIpc) is 2.45. The minimum atomic E-state index is 0.0868. The number of likely N-dealkylation sites (tertiary alicyclic amines) is 1. The van der Waals surface area contributed by atoms with Gasteiger partial charge in [-0.1, -0.05) is 33.8 Å². The summed E-state index contributed by atoms with van der Waals surface area (Å²) >= 11 is 0. The van der Waals surface area contributed by atoms with Crippen molar-refractivity contribution >= 4 is 5.91 Å². The summed E-state index contributed by atoms with van der Waals surface area (Å²) < 4.78 is 0. The lowest BCUT2D eigenvalue weighted by molar-refractivity contribution is -0.126. The highest BCUT2D eigenvalue weighted by Crippen LogP contribution is 2.15. The number of carbonyl (C=O) groups is 1. The van der Waals surface area contributed by atoms with Gasteiger partial charge in [-0.05, 0) is 24.8 Å². The first-order chi connectivity index (χ1) is 6.74. The number of amides is 1. The van der Waals surface area contributed by atoms with E-state index in [1.807, 2.05) is 18.7 Å². The second-order valence-electron chi connectivity index (χ2n) is 3.59. The van der Waals surface area contributed by atoms with E-state index in [0.29, 0.717) is 5.92 Å². The van der Waals surface area contributed by atoms with Crippen LogP contribution in [-0.4, -0.2) is 23.9 Å². The number of nitrogens with zero attached hydrogens (tertiary/aromatic N) is 1. The van der Waals surface area contributed by atoms with Crippen LogP contribution < -0.4 is 0 Å². The third-order valence-corrected chi connectivity index (χ3v) is 2.39. The van der Waals surface area contributed by atoms with Crippen LogP contribution in [0.15, 0.2) is 12.7 Å². The molecule has 0 N–H and O–H groups in total. The molecule has 0 saturated carbocycles. The van der Waals surface area contributed by atoms with Gasteiger partial charge in [0.15, 0.2) is 0 Å². The highest BCUT2D eigenvalue weighted by atomic mass is 16.2. The Balaban J connectivity index is 0.000000791. The van der Waals surface area contributed by atoms with Crippen molar-refractivity contribution in [2.75, 3.05) is 13.1 Å². The summed E-state index contributed by atoms with van der Waals surface area (Å²) in [6.45, 7) is 11.5. The van der Waals surface area contributed by atoms with Crippen molar-refractivity contribution in [1.29, 1.82) is 0 Å². The molecule has 0 aromatic carbocycles. The minimum absolute atomic E-state index is 0.0868. The number of carbonyl (C=O) groups excluding carboxylic acids is 1. The summed E-state index contributed by atoms with van der Waals surface area (Å²) in [6.07, 6.45) is 5.06. The van der Waals surface area contributed by atoms with Gasteiger partial charge in [-0.2, -0.15) is 0 Å². The van der Waals surface area contributed by atoms with E-state index in [4.69, 9.17) is 0 Å². The Hall–Kier alpha value is -0.790. The molecule has 14 heavy (non-hydrogen) atoms. The molecule has 1 amide bonds. The molecule has 0 radical (unpaired) electrons. The molecule has 1 aliphatic rings. The lowest BCUT2D eigenvalue weighted by Gasteiger charge is -2.20. The Morgan fingerprint density at radius 3 is 2.64 bits per heavy atom. The SMILES string of the molecule is C=CC(=O)N1CCCC[C@@H](C)C1.CC. The quantitative estimate of drug-likeness (QED) is 0.592. The fraction of sp³-hybridized carbons (Fsp3) is 0.750. The van der Waals surface area contributed by atoms with Crippen LogP contribution in [0.5, 0.6) is 0 Å². The maximum atomic E-state index is 11.3. The lowest BCUT2D eigenvalue weighted by Crippen LogP contribution is -2.32. The first-order valence-electron chi connectivity index (χ1n) is 5.65. The molecular formula is C12H23NO. The highest BCUT2D eigenvalue weighted by Gasteiger charge is 2.16. The molecule has 0 unspecified atom stereocenters. The van der Waals surface area contributed by atoms with Crippen molar-refractivity contribution in [3.63, 3.8) is 0 Å². The molecular weight excluding hydrogens is 174 g/mol. The fourth-order valence-electron chi connectivity index (χ4n) is 1.68. The van der Waals surface area contributed by atoms with E-state index in [2.05, 4.69) is 13.5 Å². The molecule has 0 aliphatic carbocycles. The van der Waals surface area contributed by atoms with E-state index < -0.39 is 0 Å². The molecule has 2 nitrogen and oxygen atoms in total. The van der Waals surface area contributed by atoms with E-state index in [1.165, 1.54) is 18.9 Å². The lowest BCUT2D eigenvalue weighted by atomic mass is 10.1. The summed E-state index contributed by atoms with van der Waals surface area (Å²) in [4.78, 5) is 13.2. The van der Waals surface area contributed by atoms with Crippen molar-refractivity contribution in [3.05, 3.63) is 12.7 Å². The van der Waals surface area contributed by atoms with Crippen LogP contribution in [0.2, 0.25) is 0 Å². The molecule has 82 valence electrons. The number of rotatable bonds is 1. The zero-order chi connectivity index (χ0) is 11.0. The standard InChI is InChI=1S/C10H17NO.C2H6/c1-3-10(12)11-7-5-4-6-9(2)8-11;1-2/h3,9H,1,4-8H2,2H3;1-2H3/t9-;/m1./s1. The fourth-order valence-corrected chi connectivity index (χ4v) is 1.68. The van der Waals surface area contributed by atoms with E-state index in [9.17, 15) is 4.79 Å². The summed E-state index contributed by atoms with van der Waals surface area (Å²) in [7, 11) is 0. The second-order valence-corrected chi connectivity index (χ2v) is 3.59. The van der Waals surface area contributed by atoms with Crippen molar-refractivity contribution in [1.82, 2.24) is 4.90 Å². The summed E-state index contributed by atoms with van der Waals surface area (Å²) in [5.74, 6) is 0.736. The van der Waals surface area contributed by atoms with Gasteiger partial charge in [0.1, 0.15) is 0 Å². The van der Waals surface area contributed by atoms with Crippen LogP contribution >= 0.6 is 0 Å². The van der Waals surface area contributed by atoms with Crippen molar-refractivity contribution < 1.29 is 4.79 Å². The summed E-state index contributed by atoms with van der Waals surface area (Å²) in [5, 5.41) is 0. The molecule has 1 heterocycles. The Morgan fingerprint density at radius 2 is 2.07 bits per heavy atom. The zero-order valence-corrected chi connectivity index (χ0v) is 9.75. The van der Waals surface area contributed by atoms with Crippen LogP contribution in [0.3, 0.4) is 0 Å². The van der Waals surface area contributed by atoms with Crippen molar-refractivity contribution in [2.45, 2.75) is 40.0 Å². The van der Waals surface area contributed by atoms with Gasteiger partial charge in [0, 0.05) is 13.1 Å². The molecule has 0 bridgehead atoms. The van der Waals surface area contributed by atoms with E-state index in [-0.39, 0.29) is 5.91 Å². The highest BCUT2D eigenvalue weighted by molar-refractivity contribution is 5.86. The van der Waals surface area contributed by atoms with Crippen LogP contribution in [0.25, 0.3) is 0 Å². The van der Waals surface area contributed by atoms with Crippen molar-refractivity contribution in [3.8, 4) is 0 Å². The number of hydrogen-bond acceptors (Lipinski definition) is 1. The Kier molecular flexibility index (Phi) is 7.17. The summed E-state index contributed by atoms with van der Waals surface area (Å²) in [5.41, 5.74) is 0. The van der Waals surface area contributed by atoms with E-state index in [1.54, 1.807) is 0 Å². The predicted octanol–water partition coefficient (Wildman–Crippen LogP) is 2.85. The predicted molar refractivity (Wildman–Crippen MR) is 61.1 cm³/mol. The molecule has 1 atom stereocenters. The Bertz CT molecular complexity index is 177. The molecule has 1 saturated heterocycles. The maximum absolute atomic E-state index is 11.3. The van der Waals surface area contributed by atoms with E-state index in [0.717, 1.165) is 19.5 Å². The Morgan fingerprint density at radius 1 is 1.43 bits per heavy atom. The maximum Gasteiger partial charge on any atom is 0.245 e. The molecule has 0 aromatic rings. The largest absolute Gasteiger partial charge is 0.339 e. The van der Waals surface area contributed by atoms with Crippen LogP contribution in [0.4, 0.5) is 0 Å². The first kappa shape index (κ1) is 13.2. The van der Waals surface area contributed by atoms with Gasteiger partial charge < -0.3 is 4.90 Å². The van der Waals surface area contributed by atoms with Gasteiger partial charge in [0.2, 0.25) is 5.91 Å². The average molecular weight is 197 g/mol. The number of hydrogen-bond donors (Lipinski definition) is 0. The van der Waals surface area contributed by atoms with Crippen LogP contribution in [0, 0.1) is 5.92 Å². The van der Waals surface area contributed by atoms with E-state index >= 15 is 0 Å². The Labute approximate surface area is 88.0 Å². The van der Waals surface area contributed by atoms with Crippen molar-refractivity contribution in [2.24, 2.45) is 5.92 Å². The molecule has 0 aromatic heterocycles. The van der Waals surface area contributed by atoms with Gasteiger partial charge in [-0.15, -0.1) is 0 Å². The first-order valence-corrected chi connectivity index (χ1v) is 5.65. The molecule has 1 rings (SSSR count). The molecule has 1 fully saturated rings. The van der Waals surface area contributed by atoms with Gasteiger partial charge >= 0.3 is 0 Å². The molecule has 2 heteroatoms. The normalized spacial score (nSPS) is 21.6. The topological polar surface area (TPSA) is 20.3 Å². The van der Waals surface area contributed by atoms with Gasteiger partial charge in [0.05, 0.1) is 0 Å². The smallest absolute Gasteiger partial charge is 0.245 e. The summed E-state index contributed by atoms with van der Waals surface area (Å²) in [6, 6.07) is 0. The van der Waals surface area contributed by atoms with Gasteiger partial charge in [-0.3, -0.25) is 4.79 Å². The second kappa shape index (κ2) is 7.60. The van der Waals surface area contributed by atoms with Crippen LogP contribution in [-0.2, 0) is 4.79 Å². The third-order valence-electron chi connectivity index (χ3n) is 2.39. The van der Waals surface area contributed by atoms with Crippen LogP contribution in [0.1, 0.15) is 40.0 Å². The zero-order valence-electron chi connectivity index (χ0n) is 9.75. The monoisotopic (exact) mass is 197 g/mol. The third kappa shape index (κ3) is 4.45. The molecule has 1 aliphatic heterocycles. The molecule has 0 spiro atoms. The van der Waals surface area contributed by atoms with Gasteiger partial charge in [-0.25, -0.2) is 0 Å². The minimum Gasteiger partial charge on any atom is -0.339 e. The van der Waals surface area contributed by atoms with Gasteiger partial charge in [0.25, 0.3) is 0 Å².